The van der Waals surface area contributed by atoms with Gasteiger partial charge in [-0.15, -0.1) is 23.1 Å². The first-order valence-corrected chi connectivity index (χ1v) is 12.6. The smallest absolute Gasteiger partial charge is 0.230 e. The summed E-state index contributed by atoms with van der Waals surface area (Å²) in [6.45, 7) is 5.43. The van der Waals surface area contributed by atoms with Crippen LogP contribution in [0, 0.1) is 0 Å². The highest BCUT2D eigenvalue weighted by Crippen LogP contribution is 2.26. The van der Waals surface area contributed by atoms with E-state index in [4.69, 9.17) is 4.98 Å². The quantitative estimate of drug-likeness (QED) is 0.537. The Morgan fingerprint density at radius 1 is 1.13 bits per heavy atom. The Kier molecular flexibility index (Phi) is 7.40. The van der Waals surface area contributed by atoms with E-state index in [1.54, 1.807) is 23.1 Å². The van der Waals surface area contributed by atoms with E-state index in [1.165, 1.54) is 5.56 Å². The zero-order chi connectivity index (χ0) is 21.6. The van der Waals surface area contributed by atoms with Crippen LogP contribution in [0.1, 0.15) is 11.3 Å². The van der Waals surface area contributed by atoms with Gasteiger partial charge in [-0.05, 0) is 43.1 Å². The van der Waals surface area contributed by atoms with Gasteiger partial charge in [0.15, 0.2) is 0 Å². The monoisotopic (exact) mass is 452 g/mol. The van der Waals surface area contributed by atoms with Gasteiger partial charge in [-0.25, -0.2) is 4.98 Å². The molecule has 0 bridgehead atoms. The van der Waals surface area contributed by atoms with E-state index < -0.39 is 0 Å². The lowest BCUT2D eigenvalue weighted by Gasteiger charge is -2.32. The highest BCUT2D eigenvalue weighted by molar-refractivity contribution is 7.98. The summed E-state index contributed by atoms with van der Waals surface area (Å²) in [6.07, 6.45) is 2.30. The lowest BCUT2D eigenvalue weighted by molar-refractivity contribution is -0.115. The van der Waals surface area contributed by atoms with Gasteiger partial charge in [0.1, 0.15) is 5.01 Å². The number of piperazine rings is 1. The molecule has 7 heteroatoms. The largest absolute Gasteiger partial charge is 0.326 e. The van der Waals surface area contributed by atoms with E-state index in [2.05, 4.69) is 46.4 Å². The van der Waals surface area contributed by atoms with Gasteiger partial charge < -0.3 is 10.2 Å². The number of carbonyl (C=O) groups is 1. The molecule has 162 valence electrons. The van der Waals surface area contributed by atoms with Gasteiger partial charge in [-0.3, -0.25) is 9.69 Å². The SMILES string of the molecule is CSc1cccc(NC(=O)Cc2csc(-c3cccc(CN4CCN(C)CC4)c3)n2)c1. The van der Waals surface area contributed by atoms with E-state index in [0.717, 1.165) is 59.6 Å². The lowest BCUT2D eigenvalue weighted by Crippen LogP contribution is -2.43. The number of anilines is 1. The average molecular weight is 453 g/mol. The topological polar surface area (TPSA) is 48.5 Å². The van der Waals surface area contributed by atoms with Crippen LogP contribution in [-0.4, -0.2) is 60.2 Å². The highest BCUT2D eigenvalue weighted by Gasteiger charge is 2.15. The summed E-state index contributed by atoms with van der Waals surface area (Å²) in [5.74, 6) is -0.0427. The van der Waals surface area contributed by atoms with Crippen LogP contribution in [-0.2, 0) is 17.8 Å². The Hall–Kier alpha value is -2.19. The van der Waals surface area contributed by atoms with Gasteiger partial charge in [0.2, 0.25) is 5.91 Å². The minimum Gasteiger partial charge on any atom is -0.326 e. The fraction of sp³-hybridized carbons (Fsp3) is 0.333. The van der Waals surface area contributed by atoms with E-state index in [-0.39, 0.29) is 12.3 Å². The van der Waals surface area contributed by atoms with Gasteiger partial charge in [0.25, 0.3) is 0 Å². The highest BCUT2D eigenvalue weighted by atomic mass is 32.2. The third-order valence-electron chi connectivity index (χ3n) is 5.42. The van der Waals surface area contributed by atoms with Crippen molar-refractivity contribution in [1.82, 2.24) is 14.8 Å². The molecular formula is C24H28N4OS2. The number of aromatic nitrogens is 1. The summed E-state index contributed by atoms with van der Waals surface area (Å²) in [5.41, 5.74) is 4.06. The molecule has 1 aromatic heterocycles. The molecule has 0 radical (unpaired) electrons. The average Bonchev–Trinajstić information content (AvgIpc) is 3.24. The number of hydrogen-bond donors (Lipinski definition) is 1. The van der Waals surface area contributed by atoms with Crippen molar-refractivity contribution in [2.45, 2.75) is 17.9 Å². The van der Waals surface area contributed by atoms with Crippen LogP contribution < -0.4 is 5.32 Å². The van der Waals surface area contributed by atoms with Crippen LogP contribution in [0.3, 0.4) is 0 Å². The van der Waals surface area contributed by atoms with Gasteiger partial charge >= 0.3 is 0 Å². The maximum atomic E-state index is 12.5. The number of carbonyl (C=O) groups excluding carboxylic acids is 1. The molecule has 0 atom stereocenters. The molecule has 2 heterocycles. The van der Waals surface area contributed by atoms with Crippen molar-refractivity contribution >= 4 is 34.7 Å². The molecule has 1 amide bonds. The van der Waals surface area contributed by atoms with Gasteiger partial charge in [-0.2, -0.15) is 0 Å². The van der Waals surface area contributed by atoms with E-state index >= 15 is 0 Å². The van der Waals surface area contributed by atoms with Crippen LogP contribution in [0.2, 0.25) is 0 Å². The molecule has 4 rings (SSSR count). The second kappa shape index (κ2) is 10.4. The lowest BCUT2D eigenvalue weighted by atomic mass is 10.1. The van der Waals surface area contributed by atoms with E-state index in [1.807, 2.05) is 35.9 Å². The predicted molar refractivity (Wildman–Crippen MR) is 131 cm³/mol. The summed E-state index contributed by atoms with van der Waals surface area (Å²) in [5, 5.41) is 5.93. The maximum Gasteiger partial charge on any atom is 0.230 e. The Morgan fingerprint density at radius 3 is 2.74 bits per heavy atom. The van der Waals surface area contributed by atoms with Gasteiger partial charge in [-0.1, -0.05) is 24.3 Å². The number of hydrogen-bond acceptors (Lipinski definition) is 6. The van der Waals surface area contributed by atoms with Crippen molar-refractivity contribution in [2.75, 3.05) is 44.8 Å². The number of thioether (sulfide) groups is 1. The molecule has 2 aromatic carbocycles. The number of rotatable bonds is 7. The van der Waals surface area contributed by atoms with Gasteiger partial charge in [0.05, 0.1) is 12.1 Å². The number of thiazole rings is 1. The molecule has 3 aromatic rings. The fourth-order valence-electron chi connectivity index (χ4n) is 3.66. The third-order valence-corrected chi connectivity index (χ3v) is 7.09. The van der Waals surface area contributed by atoms with E-state index in [0.29, 0.717) is 0 Å². The van der Waals surface area contributed by atoms with Crippen molar-refractivity contribution in [2.24, 2.45) is 0 Å². The molecule has 1 fully saturated rings. The number of likely N-dealkylation sites (N-methyl/N-ethyl adjacent to an activating group) is 1. The Balaban J connectivity index is 1.37. The van der Waals surface area contributed by atoms with Crippen molar-refractivity contribution in [3.8, 4) is 10.6 Å². The van der Waals surface area contributed by atoms with Crippen molar-refractivity contribution < 1.29 is 4.79 Å². The van der Waals surface area contributed by atoms with Crippen LogP contribution in [0.15, 0.2) is 58.8 Å². The maximum absolute atomic E-state index is 12.5. The molecule has 5 nitrogen and oxygen atoms in total. The summed E-state index contributed by atoms with van der Waals surface area (Å²) >= 11 is 3.26. The Morgan fingerprint density at radius 2 is 1.94 bits per heavy atom. The summed E-state index contributed by atoms with van der Waals surface area (Å²) in [7, 11) is 2.18. The van der Waals surface area contributed by atoms with Crippen LogP contribution in [0.25, 0.3) is 10.6 Å². The minimum atomic E-state index is -0.0427. The number of nitrogens with one attached hydrogen (secondary N) is 1. The Labute approximate surface area is 192 Å². The molecule has 1 aliphatic rings. The normalized spacial score (nSPS) is 15.2. The standard InChI is InChI=1S/C24H28N4OS2/c1-27-9-11-28(12-10-27)16-18-5-3-6-19(13-18)24-26-21(17-31-24)15-23(29)25-20-7-4-8-22(14-20)30-2/h3-8,13-14,17H,9-12,15-16H2,1-2H3,(H,25,29). The number of amides is 1. The summed E-state index contributed by atoms with van der Waals surface area (Å²) in [4.78, 5) is 23.2. The first kappa shape index (κ1) is 22.0. The molecule has 1 saturated heterocycles. The van der Waals surface area contributed by atoms with Crippen LogP contribution in [0.4, 0.5) is 5.69 Å². The summed E-state index contributed by atoms with van der Waals surface area (Å²) < 4.78 is 0. The fourth-order valence-corrected chi connectivity index (χ4v) is 4.93. The van der Waals surface area contributed by atoms with Crippen LogP contribution in [0.5, 0.6) is 0 Å². The molecule has 1 N–H and O–H groups in total. The molecule has 31 heavy (non-hydrogen) atoms. The first-order valence-electron chi connectivity index (χ1n) is 10.5. The van der Waals surface area contributed by atoms with E-state index in [9.17, 15) is 4.79 Å². The second-order valence-corrected chi connectivity index (χ2v) is 9.62. The van der Waals surface area contributed by atoms with Gasteiger partial charge in [0, 0.05) is 54.3 Å². The molecule has 1 aliphatic heterocycles. The number of benzene rings is 2. The molecule has 0 spiro atoms. The minimum absolute atomic E-state index is 0.0427. The van der Waals surface area contributed by atoms with Crippen LogP contribution >= 0.6 is 23.1 Å². The molecular weight excluding hydrogens is 424 g/mol. The zero-order valence-electron chi connectivity index (χ0n) is 18.0. The predicted octanol–water partition coefficient (Wildman–Crippen LogP) is 4.46. The molecule has 0 unspecified atom stereocenters. The summed E-state index contributed by atoms with van der Waals surface area (Å²) in [6, 6.07) is 16.5. The second-order valence-electron chi connectivity index (χ2n) is 7.88. The van der Waals surface area contributed by atoms with Crippen molar-refractivity contribution in [1.29, 1.82) is 0 Å². The Bertz CT molecular complexity index is 1030. The number of nitrogens with zero attached hydrogens (tertiary/aromatic N) is 3. The first-order chi connectivity index (χ1) is 15.1. The van der Waals surface area contributed by atoms with Crippen molar-refractivity contribution in [3.05, 3.63) is 65.2 Å². The molecule has 0 saturated carbocycles. The molecule has 0 aliphatic carbocycles. The third kappa shape index (κ3) is 6.17. The zero-order valence-corrected chi connectivity index (χ0v) is 19.6. The van der Waals surface area contributed by atoms with Crippen molar-refractivity contribution in [3.63, 3.8) is 0 Å².